The Kier molecular flexibility index (Phi) is 4.59. The molecular formula is C21H18F4N2O2. The van der Waals surface area contributed by atoms with Crippen molar-refractivity contribution in [2.45, 2.75) is 43.2 Å². The fraction of sp³-hybridized carbons (Fsp3) is 0.333. The van der Waals surface area contributed by atoms with Crippen molar-refractivity contribution in [1.82, 2.24) is 5.32 Å². The minimum atomic E-state index is -2.84. The van der Waals surface area contributed by atoms with Gasteiger partial charge in [-0.2, -0.15) is 0 Å². The summed E-state index contributed by atoms with van der Waals surface area (Å²) in [6.45, 7) is 0. The van der Waals surface area contributed by atoms with E-state index in [4.69, 9.17) is 0 Å². The lowest BCUT2D eigenvalue weighted by Crippen LogP contribution is -2.60. The van der Waals surface area contributed by atoms with Gasteiger partial charge in [0.15, 0.2) is 5.54 Å². The van der Waals surface area contributed by atoms with E-state index in [-0.39, 0.29) is 18.5 Å². The highest BCUT2D eigenvalue weighted by Crippen LogP contribution is 2.45. The Morgan fingerprint density at radius 3 is 2.55 bits per heavy atom. The van der Waals surface area contributed by atoms with Crippen molar-refractivity contribution in [3.05, 3.63) is 65.2 Å². The molecule has 0 saturated heterocycles. The first-order chi connectivity index (χ1) is 13.8. The molecule has 8 heteroatoms. The number of carbonyl (C=O) groups excluding carboxylic acids is 2. The molecule has 0 unspecified atom stereocenters. The van der Waals surface area contributed by atoms with E-state index in [1.54, 1.807) is 24.3 Å². The number of aryl methyl sites for hydroxylation is 1. The van der Waals surface area contributed by atoms with Gasteiger partial charge in [-0.25, -0.2) is 17.6 Å². The van der Waals surface area contributed by atoms with Crippen LogP contribution in [0.4, 0.5) is 23.2 Å². The topological polar surface area (TPSA) is 49.4 Å². The number of nitrogens with one attached hydrogen (secondary N) is 1. The molecule has 0 radical (unpaired) electrons. The Morgan fingerprint density at radius 2 is 1.86 bits per heavy atom. The molecule has 2 amide bonds. The van der Waals surface area contributed by atoms with Crippen LogP contribution in [-0.2, 0) is 21.5 Å². The van der Waals surface area contributed by atoms with Crippen LogP contribution in [0.1, 0.15) is 30.4 Å². The number of alkyl halides is 2. The zero-order valence-corrected chi connectivity index (χ0v) is 15.3. The number of carbonyl (C=O) groups is 2. The van der Waals surface area contributed by atoms with E-state index in [1.165, 1.54) is 0 Å². The number of hydrogen-bond acceptors (Lipinski definition) is 2. The van der Waals surface area contributed by atoms with E-state index in [2.05, 4.69) is 5.32 Å². The summed E-state index contributed by atoms with van der Waals surface area (Å²) in [4.78, 5) is 26.3. The van der Waals surface area contributed by atoms with Crippen LogP contribution in [0, 0.1) is 11.6 Å². The Morgan fingerprint density at radius 1 is 1.14 bits per heavy atom. The first kappa shape index (κ1) is 19.4. The Balaban J connectivity index is 1.80. The van der Waals surface area contributed by atoms with E-state index in [9.17, 15) is 27.2 Å². The maximum atomic E-state index is 14.5. The fourth-order valence-electron chi connectivity index (χ4n) is 4.28. The molecule has 1 atom stereocenters. The molecule has 29 heavy (non-hydrogen) atoms. The van der Waals surface area contributed by atoms with Gasteiger partial charge in [0, 0.05) is 24.9 Å². The second-order valence-corrected chi connectivity index (χ2v) is 7.52. The van der Waals surface area contributed by atoms with Crippen LogP contribution in [-0.4, -0.2) is 24.3 Å². The zero-order valence-electron chi connectivity index (χ0n) is 15.3. The highest BCUT2D eigenvalue weighted by Gasteiger charge is 2.53. The number of anilines is 1. The standard InChI is InChI=1S/C21H18F4N2O2/c22-14-5-6-17(23)18(9-14)27(12-28)21(8-7-13-3-1-2-4-16(13)21)19(29)26-15-10-20(24,25)11-15/h1-6,9,12,15H,7-8,10-11H2,(H,26,29)/t21-/m1/s1. The van der Waals surface area contributed by atoms with Crippen LogP contribution < -0.4 is 10.2 Å². The Hall–Kier alpha value is -2.90. The van der Waals surface area contributed by atoms with Crippen molar-refractivity contribution in [2.24, 2.45) is 0 Å². The van der Waals surface area contributed by atoms with Crippen LogP contribution in [0.2, 0.25) is 0 Å². The highest BCUT2D eigenvalue weighted by molar-refractivity contribution is 5.98. The fourth-order valence-corrected chi connectivity index (χ4v) is 4.28. The maximum Gasteiger partial charge on any atom is 0.252 e. The average molecular weight is 406 g/mol. The molecule has 1 saturated carbocycles. The lowest BCUT2D eigenvalue weighted by Gasteiger charge is -2.42. The molecule has 0 aliphatic heterocycles. The maximum absolute atomic E-state index is 14.5. The molecule has 2 aromatic rings. The molecule has 4 nitrogen and oxygen atoms in total. The van der Waals surface area contributed by atoms with E-state index in [0.29, 0.717) is 12.0 Å². The smallest absolute Gasteiger partial charge is 0.252 e. The van der Waals surface area contributed by atoms with E-state index in [1.807, 2.05) is 0 Å². The summed E-state index contributed by atoms with van der Waals surface area (Å²) in [5.41, 5.74) is -0.784. The van der Waals surface area contributed by atoms with Crippen molar-refractivity contribution >= 4 is 18.0 Å². The Bertz CT molecular complexity index is 973. The van der Waals surface area contributed by atoms with Crippen LogP contribution in [0.25, 0.3) is 0 Å². The van der Waals surface area contributed by atoms with Crippen LogP contribution in [0.15, 0.2) is 42.5 Å². The summed E-state index contributed by atoms with van der Waals surface area (Å²) in [5.74, 6) is -5.16. The van der Waals surface area contributed by atoms with Crippen LogP contribution in [0.3, 0.4) is 0 Å². The quantitative estimate of drug-likeness (QED) is 0.608. The molecule has 2 aromatic carbocycles. The van der Waals surface area contributed by atoms with Crippen molar-refractivity contribution in [1.29, 1.82) is 0 Å². The third-order valence-corrected chi connectivity index (χ3v) is 5.70. The van der Waals surface area contributed by atoms with Crippen molar-refractivity contribution < 1.29 is 27.2 Å². The van der Waals surface area contributed by atoms with Crippen molar-refractivity contribution in [3.8, 4) is 0 Å². The number of rotatable bonds is 5. The van der Waals surface area contributed by atoms with E-state index >= 15 is 0 Å². The van der Waals surface area contributed by atoms with Crippen molar-refractivity contribution in [3.63, 3.8) is 0 Å². The molecule has 2 aliphatic rings. The van der Waals surface area contributed by atoms with Gasteiger partial charge in [0.2, 0.25) is 6.41 Å². The van der Waals surface area contributed by atoms with Crippen molar-refractivity contribution in [2.75, 3.05) is 4.90 Å². The molecular weight excluding hydrogens is 388 g/mol. The first-order valence-electron chi connectivity index (χ1n) is 9.24. The largest absolute Gasteiger partial charge is 0.351 e. The van der Waals surface area contributed by atoms with Gasteiger partial charge in [-0.3, -0.25) is 14.5 Å². The number of amides is 2. The van der Waals surface area contributed by atoms with Gasteiger partial charge in [0.25, 0.3) is 11.8 Å². The first-order valence-corrected chi connectivity index (χ1v) is 9.24. The van der Waals surface area contributed by atoms with Crippen LogP contribution >= 0.6 is 0 Å². The van der Waals surface area contributed by atoms with E-state index < -0.39 is 47.9 Å². The molecule has 0 heterocycles. The monoisotopic (exact) mass is 406 g/mol. The molecule has 2 aliphatic carbocycles. The molecule has 1 N–H and O–H groups in total. The predicted molar refractivity (Wildman–Crippen MR) is 97.5 cm³/mol. The third kappa shape index (κ3) is 3.16. The molecule has 152 valence electrons. The predicted octanol–water partition coefficient (Wildman–Crippen LogP) is 3.68. The Labute approximate surface area is 164 Å². The number of hydrogen-bond donors (Lipinski definition) is 1. The van der Waals surface area contributed by atoms with Gasteiger partial charge in [-0.05, 0) is 36.1 Å². The minimum absolute atomic E-state index is 0.121. The zero-order chi connectivity index (χ0) is 20.8. The normalized spacial score (nSPS) is 22.5. The molecule has 1 fully saturated rings. The number of halogens is 4. The summed E-state index contributed by atoms with van der Waals surface area (Å²) >= 11 is 0. The summed E-state index contributed by atoms with van der Waals surface area (Å²) in [7, 11) is 0. The summed E-state index contributed by atoms with van der Waals surface area (Å²) < 4.78 is 54.8. The summed E-state index contributed by atoms with van der Waals surface area (Å²) in [6.07, 6.45) is -0.158. The molecule has 0 bridgehead atoms. The molecule has 0 aromatic heterocycles. The number of fused-ring (bicyclic) bond motifs is 1. The van der Waals surface area contributed by atoms with Gasteiger partial charge < -0.3 is 5.32 Å². The molecule has 0 spiro atoms. The molecule has 4 rings (SSSR count). The van der Waals surface area contributed by atoms with Gasteiger partial charge in [0.1, 0.15) is 11.6 Å². The average Bonchev–Trinajstić information content (AvgIpc) is 3.04. The minimum Gasteiger partial charge on any atom is -0.351 e. The second-order valence-electron chi connectivity index (χ2n) is 7.52. The third-order valence-electron chi connectivity index (χ3n) is 5.70. The van der Waals surface area contributed by atoms with Gasteiger partial charge in [-0.15, -0.1) is 0 Å². The lowest BCUT2D eigenvalue weighted by molar-refractivity contribution is -0.135. The highest BCUT2D eigenvalue weighted by atomic mass is 19.3. The van der Waals surface area contributed by atoms with E-state index in [0.717, 1.165) is 28.7 Å². The SMILES string of the molecule is O=CN(c1cc(F)ccc1F)[C@]1(C(=O)NC2CC(F)(F)C2)CCc2ccccc21. The lowest BCUT2D eigenvalue weighted by atomic mass is 9.84. The summed E-state index contributed by atoms with van der Waals surface area (Å²) in [5, 5.41) is 2.58. The second kappa shape index (κ2) is 6.86. The number of nitrogens with zero attached hydrogens (tertiary/aromatic N) is 1. The van der Waals surface area contributed by atoms with Gasteiger partial charge in [0.05, 0.1) is 5.69 Å². The van der Waals surface area contributed by atoms with Crippen LogP contribution in [0.5, 0.6) is 0 Å². The number of benzene rings is 2. The summed E-state index contributed by atoms with van der Waals surface area (Å²) in [6, 6.07) is 8.76. The van der Waals surface area contributed by atoms with Gasteiger partial charge >= 0.3 is 0 Å². The van der Waals surface area contributed by atoms with Gasteiger partial charge in [-0.1, -0.05) is 24.3 Å².